The minimum Gasteiger partial charge on any atom is -0.395 e. The molecule has 1 aromatic heterocycles. The van der Waals surface area contributed by atoms with Gasteiger partial charge in [0.1, 0.15) is 0 Å². The van der Waals surface area contributed by atoms with Crippen LogP contribution in [0.1, 0.15) is 12.5 Å². The summed E-state index contributed by atoms with van der Waals surface area (Å²) < 4.78 is 0. The molecule has 1 heterocycles. The van der Waals surface area contributed by atoms with Crippen molar-refractivity contribution in [1.29, 1.82) is 0 Å². The second kappa shape index (κ2) is 4.20. The number of nitrogens with zero attached hydrogens (tertiary/aromatic N) is 1. The Bertz CT molecular complexity index is 492. The summed E-state index contributed by atoms with van der Waals surface area (Å²) in [6.07, 6.45) is 1.77. The maximum Gasteiger partial charge on any atom is 0.0704 e. The van der Waals surface area contributed by atoms with E-state index in [1.165, 1.54) is 0 Å². The second-order valence-electron chi connectivity index (χ2n) is 4.33. The molecule has 0 aliphatic heterocycles. The van der Waals surface area contributed by atoms with Gasteiger partial charge in [-0.05, 0) is 17.7 Å². The van der Waals surface area contributed by atoms with Crippen LogP contribution in [0.3, 0.4) is 0 Å². The number of nitrogens with two attached hydrogens (primary N) is 1. The Morgan fingerprint density at radius 1 is 1.38 bits per heavy atom. The van der Waals surface area contributed by atoms with Crippen LogP contribution >= 0.6 is 0 Å². The van der Waals surface area contributed by atoms with Gasteiger partial charge in [0, 0.05) is 23.5 Å². The fourth-order valence-electron chi connectivity index (χ4n) is 1.72. The lowest BCUT2D eigenvalue weighted by molar-refractivity contribution is 0.210. The van der Waals surface area contributed by atoms with Gasteiger partial charge in [-0.2, -0.15) is 0 Å². The van der Waals surface area contributed by atoms with E-state index in [-0.39, 0.29) is 12.0 Å². The van der Waals surface area contributed by atoms with Crippen molar-refractivity contribution < 1.29 is 5.11 Å². The minimum absolute atomic E-state index is 0.0435. The summed E-state index contributed by atoms with van der Waals surface area (Å²) in [6, 6.07) is 9.95. The van der Waals surface area contributed by atoms with E-state index >= 15 is 0 Å². The molecule has 16 heavy (non-hydrogen) atoms. The van der Waals surface area contributed by atoms with E-state index in [9.17, 15) is 5.11 Å². The summed E-state index contributed by atoms with van der Waals surface area (Å²) in [5.74, 6) is 0. The number of fused-ring (bicyclic) bond motifs is 1. The maximum absolute atomic E-state index is 9.41. The SMILES string of the molecule is CC(CN)(CO)c1ccc2cccnc2c1. The first kappa shape index (κ1) is 11.0. The molecule has 0 aliphatic carbocycles. The van der Waals surface area contributed by atoms with Gasteiger partial charge < -0.3 is 10.8 Å². The molecule has 2 aromatic rings. The molecular weight excluding hydrogens is 200 g/mol. The van der Waals surface area contributed by atoms with Crippen LogP contribution < -0.4 is 5.73 Å². The Morgan fingerprint density at radius 2 is 2.19 bits per heavy atom. The molecule has 0 amide bonds. The van der Waals surface area contributed by atoms with E-state index in [1.807, 2.05) is 37.3 Å². The number of aliphatic hydroxyl groups is 1. The molecule has 0 saturated carbocycles. The van der Waals surface area contributed by atoms with E-state index in [2.05, 4.69) is 4.98 Å². The quantitative estimate of drug-likeness (QED) is 0.816. The Kier molecular flexibility index (Phi) is 2.90. The van der Waals surface area contributed by atoms with Gasteiger partial charge in [0.25, 0.3) is 0 Å². The van der Waals surface area contributed by atoms with E-state index in [4.69, 9.17) is 5.73 Å². The molecule has 0 bridgehead atoms. The molecule has 1 aromatic carbocycles. The third-order valence-corrected chi connectivity index (χ3v) is 3.10. The average molecular weight is 216 g/mol. The zero-order valence-electron chi connectivity index (χ0n) is 9.35. The van der Waals surface area contributed by atoms with E-state index in [1.54, 1.807) is 6.20 Å². The second-order valence-corrected chi connectivity index (χ2v) is 4.33. The van der Waals surface area contributed by atoms with Crippen molar-refractivity contribution in [2.75, 3.05) is 13.2 Å². The van der Waals surface area contributed by atoms with E-state index < -0.39 is 0 Å². The standard InChI is InChI=1S/C13H16N2O/c1-13(8-14,9-16)11-5-4-10-3-2-6-15-12(10)7-11/h2-7,16H,8-9,14H2,1H3. The smallest absolute Gasteiger partial charge is 0.0704 e. The van der Waals surface area contributed by atoms with Crippen molar-refractivity contribution in [1.82, 2.24) is 4.98 Å². The molecule has 0 aliphatic rings. The number of rotatable bonds is 3. The molecule has 3 nitrogen and oxygen atoms in total. The van der Waals surface area contributed by atoms with Gasteiger partial charge in [-0.25, -0.2) is 0 Å². The molecule has 84 valence electrons. The Balaban J connectivity index is 2.54. The van der Waals surface area contributed by atoms with Crippen LogP contribution in [0.15, 0.2) is 36.5 Å². The summed E-state index contributed by atoms with van der Waals surface area (Å²) in [7, 11) is 0. The number of hydrogen-bond donors (Lipinski definition) is 2. The highest BCUT2D eigenvalue weighted by atomic mass is 16.3. The summed E-state index contributed by atoms with van der Waals surface area (Å²) >= 11 is 0. The van der Waals surface area contributed by atoms with Crippen LogP contribution in [0.2, 0.25) is 0 Å². The Hall–Kier alpha value is -1.45. The monoisotopic (exact) mass is 216 g/mol. The van der Waals surface area contributed by atoms with Crippen LogP contribution in [0, 0.1) is 0 Å². The molecule has 3 N–H and O–H groups in total. The topological polar surface area (TPSA) is 59.1 Å². The first-order chi connectivity index (χ1) is 7.69. The third kappa shape index (κ3) is 1.79. The molecular formula is C13H16N2O. The van der Waals surface area contributed by atoms with Crippen molar-refractivity contribution in [3.63, 3.8) is 0 Å². The predicted octanol–water partition coefficient (Wildman–Crippen LogP) is 1.44. The third-order valence-electron chi connectivity index (χ3n) is 3.10. The van der Waals surface area contributed by atoms with Gasteiger partial charge in [0.15, 0.2) is 0 Å². The van der Waals surface area contributed by atoms with Crippen molar-refractivity contribution in [3.8, 4) is 0 Å². The molecule has 0 spiro atoms. The van der Waals surface area contributed by atoms with Crippen LogP contribution in [0.4, 0.5) is 0 Å². The molecule has 2 rings (SSSR count). The van der Waals surface area contributed by atoms with Gasteiger partial charge in [0.05, 0.1) is 12.1 Å². The Labute approximate surface area is 94.9 Å². The van der Waals surface area contributed by atoms with Crippen molar-refractivity contribution in [2.45, 2.75) is 12.3 Å². The molecule has 1 unspecified atom stereocenters. The van der Waals surface area contributed by atoms with Gasteiger partial charge in [-0.3, -0.25) is 4.98 Å². The average Bonchev–Trinajstić information content (AvgIpc) is 2.37. The van der Waals surface area contributed by atoms with Crippen molar-refractivity contribution in [3.05, 3.63) is 42.1 Å². The molecule has 0 saturated heterocycles. The lowest BCUT2D eigenvalue weighted by Gasteiger charge is -2.26. The lowest BCUT2D eigenvalue weighted by atomic mass is 9.83. The van der Waals surface area contributed by atoms with E-state index in [0.29, 0.717) is 6.54 Å². The normalized spacial score (nSPS) is 14.9. The van der Waals surface area contributed by atoms with E-state index in [0.717, 1.165) is 16.5 Å². The highest BCUT2D eigenvalue weighted by Gasteiger charge is 2.24. The number of benzene rings is 1. The van der Waals surface area contributed by atoms with Gasteiger partial charge >= 0.3 is 0 Å². The summed E-state index contributed by atoms with van der Waals surface area (Å²) in [5, 5.41) is 10.5. The van der Waals surface area contributed by atoms with Crippen LogP contribution in [-0.2, 0) is 5.41 Å². The van der Waals surface area contributed by atoms with Crippen LogP contribution in [0.5, 0.6) is 0 Å². The first-order valence-electron chi connectivity index (χ1n) is 5.36. The van der Waals surface area contributed by atoms with Gasteiger partial charge in [-0.1, -0.05) is 25.1 Å². The summed E-state index contributed by atoms with van der Waals surface area (Å²) in [6.45, 7) is 2.42. The van der Waals surface area contributed by atoms with Crippen LogP contribution in [-0.4, -0.2) is 23.2 Å². The largest absolute Gasteiger partial charge is 0.395 e. The first-order valence-corrected chi connectivity index (χ1v) is 5.36. The predicted molar refractivity (Wildman–Crippen MR) is 65.2 cm³/mol. The number of pyridine rings is 1. The lowest BCUT2D eigenvalue weighted by Crippen LogP contribution is -2.35. The van der Waals surface area contributed by atoms with Crippen LogP contribution in [0.25, 0.3) is 10.9 Å². The fraction of sp³-hybridized carbons (Fsp3) is 0.308. The molecule has 0 radical (unpaired) electrons. The summed E-state index contributed by atoms with van der Waals surface area (Å²) in [5.41, 5.74) is 7.30. The maximum atomic E-state index is 9.41. The Morgan fingerprint density at radius 3 is 2.88 bits per heavy atom. The number of aliphatic hydroxyl groups excluding tert-OH is 1. The van der Waals surface area contributed by atoms with Crippen molar-refractivity contribution >= 4 is 10.9 Å². The highest BCUT2D eigenvalue weighted by molar-refractivity contribution is 5.79. The fourth-order valence-corrected chi connectivity index (χ4v) is 1.72. The van der Waals surface area contributed by atoms with Gasteiger partial charge in [0.2, 0.25) is 0 Å². The minimum atomic E-state index is -0.383. The zero-order chi connectivity index (χ0) is 11.6. The number of aromatic nitrogens is 1. The number of hydrogen-bond acceptors (Lipinski definition) is 3. The molecule has 3 heteroatoms. The van der Waals surface area contributed by atoms with Crippen molar-refractivity contribution in [2.24, 2.45) is 5.73 Å². The summed E-state index contributed by atoms with van der Waals surface area (Å²) in [4.78, 5) is 4.30. The molecule has 0 fully saturated rings. The highest BCUT2D eigenvalue weighted by Crippen LogP contribution is 2.24. The van der Waals surface area contributed by atoms with Gasteiger partial charge in [-0.15, -0.1) is 0 Å². The zero-order valence-corrected chi connectivity index (χ0v) is 9.35. The molecule has 1 atom stereocenters.